The Morgan fingerprint density at radius 2 is 1.78 bits per heavy atom. The zero-order valence-electron chi connectivity index (χ0n) is 9.71. The maximum atomic E-state index is 11.2. The van der Waals surface area contributed by atoms with Gasteiger partial charge < -0.3 is 5.11 Å². The number of aliphatic carboxylic acids is 1. The summed E-state index contributed by atoms with van der Waals surface area (Å²) in [5.41, 5.74) is 1.03. The van der Waals surface area contributed by atoms with Crippen molar-refractivity contribution in [3.63, 3.8) is 0 Å². The number of carbonyl (C=O) groups is 2. The van der Waals surface area contributed by atoms with Crippen molar-refractivity contribution in [2.45, 2.75) is 12.8 Å². The van der Waals surface area contributed by atoms with Gasteiger partial charge in [0.25, 0.3) is 0 Å². The van der Waals surface area contributed by atoms with Gasteiger partial charge in [0.2, 0.25) is 10.0 Å². The fourth-order valence-corrected chi connectivity index (χ4v) is 1.93. The van der Waals surface area contributed by atoms with Gasteiger partial charge in [-0.05, 0) is 17.7 Å². The molecule has 7 heteroatoms. The van der Waals surface area contributed by atoms with Crippen LogP contribution in [0.25, 0.3) is 0 Å². The van der Waals surface area contributed by atoms with E-state index in [9.17, 15) is 18.0 Å². The summed E-state index contributed by atoms with van der Waals surface area (Å²) in [7, 11) is -3.32. The molecule has 6 nitrogen and oxygen atoms in total. The summed E-state index contributed by atoms with van der Waals surface area (Å²) in [6.07, 6.45) is 0.548. The van der Waals surface area contributed by atoms with Gasteiger partial charge in [0, 0.05) is 12.1 Å². The van der Waals surface area contributed by atoms with Gasteiger partial charge in [-0.25, -0.2) is 8.42 Å². The number of nitrogens with one attached hydrogen (secondary N) is 1. The summed E-state index contributed by atoms with van der Waals surface area (Å²) in [4.78, 5) is 21.6. The Morgan fingerprint density at radius 3 is 2.22 bits per heavy atom. The number of rotatable bonds is 6. The Kier molecular flexibility index (Phi) is 4.43. The van der Waals surface area contributed by atoms with Crippen LogP contribution in [-0.2, 0) is 26.0 Å². The fourth-order valence-electron chi connectivity index (χ4n) is 1.36. The zero-order valence-corrected chi connectivity index (χ0v) is 10.5. The maximum Gasteiger partial charge on any atom is 0.310 e. The highest BCUT2D eigenvalue weighted by Crippen LogP contribution is 2.11. The molecular formula is C11H13NO5S. The normalized spacial score (nSPS) is 10.9. The smallest absolute Gasteiger partial charge is 0.310 e. The number of carboxylic acids is 1. The van der Waals surface area contributed by atoms with Crippen LogP contribution in [-0.4, -0.2) is 31.5 Å². The molecule has 1 aromatic carbocycles. The lowest BCUT2D eigenvalue weighted by Crippen LogP contribution is -2.10. The molecule has 0 saturated carbocycles. The van der Waals surface area contributed by atoms with E-state index in [-0.39, 0.29) is 6.42 Å². The summed E-state index contributed by atoms with van der Waals surface area (Å²) in [6, 6.07) is 6.19. The van der Waals surface area contributed by atoms with Crippen LogP contribution in [0.2, 0.25) is 0 Å². The van der Waals surface area contributed by atoms with Crippen LogP contribution < -0.4 is 4.72 Å². The minimum atomic E-state index is -3.32. The van der Waals surface area contributed by atoms with E-state index in [0.717, 1.165) is 6.26 Å². The Balaban J connectivity index is 2.66. The second-order valence-electron chi connectivity index (χ2n) is 3.86. The molecule has 98 valence electrons. The molecule has 0 bridgehead atoms. The van der Waals surface area contributed by atoms with Crippen molar-refractivity contribution in [2.75, 3.05) is 11.0 Å². The fraction of sp³-hybridized carbons (Fsp3) is 0.273. The molecule has 0 heterocycles. The molecule has 0 aliphatic rings. The van der Waals surface area contributed by atoms with E-state index in [1.54, 1.807) is 12.1 Å². The first-order valence-electron chi connectivity index (χ1n) is 5.06. The molecular weight excluding hydrogens is 258 g/mol. The molecule has 0 atom stereocenters. The lowest BCUT2D eigenvalue weighted by molar-refractivity contribution is -0.140. The van der Waals surface area contributed by atoms with Gasteiger partial charge in [0.05, 0.1) is 6.26 Å². The first-order chi connectivity index (χ1) is 8.26. The number of carbonyl (C=O) groups excluding carboxylic acids is 1. The van der Waals surface area contributed by atoms with E-state index < -0.39 is 28.2 Å². The largest absolute Gasteiger partial charge is 0.481 e. The zero-order chi connectivity index (χ0) is 13.8. The number of Topliss-reactive ketones (excluding diaryl/α,β-unsaturated/α-hetero) is 1. The second kappa shape index (κ2) is 5.63. The summed E-state index contributed by atoms with van der Waals surface area (Å²) in [5, 5.41) is 8.44. The van der Waals surface area contributed by atoms with Crippen molar-refractivity contribution >= 4 is 27.5 Å². The lowest BCUT2D eigenvalue weighted by Gasteiger charge is -2.04. The van der Waals surface area contributed by atoms with Crippen LogP contribution in [0.3, 0.4) is 0 Å². The van der Waals surface area contributed by atoms with Crippen molar-refractivity contribution in [1.82, 2.24) is 0 Å². The van der Waals surface area contributed by atoms with Crippen molar-refractivity contribution in [3.05, 3.63) is 29.8 Å². The Bertz CT molecular complexity index is 547. The molecule has 1 rings (SSSR count). The number of anilines is 1. The van der Waals surface area contributed by atoms with E-state index in [1.165, 1.54) is 12.1 Å². The minimum Gasteiger partial charge on any atom is -0.481 e. The SMILES string of the molecule is CS(=O)(=O)Nc1ccc(CC(=O)CC(=O)O)cc1. The number of hydrogen-bond acceptors (Lipinski definition) is 4. The minimum absolute atomic E-state index is 0.0193. The average molecular weight is 271 g/mol. The van der Waals surface area contributed by atoms with Crippen molar-refractivity contribution in [2.24, 2.45) is 0 Å². The Morgan fingerprint density at radius 1 is 1.22 bits per heavy atom. The molecule has 0 aliphatic carbocycles. The number of hydrogen-bond donors (Lipinski definition) is 2. The van der Waals surface area contributed by atoms with Crippen molar-refractivity contribution < 1.29 is 23.1 Å². The molecule has 0 spiro atoms. The van der Waals surface area contributed by atoms with E-state index in [4.69, 9.17) is 5.11 Å². The van der Waals surface area contributed by atoms with Crippen molar-refractivity contribution in [1.29, 1.82) is 0 Å². The first-order valence-corrected chi connectivity index (χ1v) is 6.95. The summed E-state index contributed by atoms with van der Waals surface area (Å²) in [5.74, 6) is -1.55. The highest BCUT2D eigenvalue weighted by atomic mass is 32.2. The summed E-state index contributed by atoms with van der Waals surface area (Å²) >= 11 is 0. The predicted octanol–water partition coefficient (Wildman–Crippen LogP) is 0.644. The molecule has 0 saturated heterocycles. The number of benzene rings is 1. The summed E-state index contributed by atoms with van der Waals surface area (Å²) < 4.78 is 24.2. The molecule has 0 aromatic heterocycles. The van der Waals surface area contributed by atoms with Gasteiger partial charge >= 0.3 is 5.97 Å². The van der Waals surface area contributed by atoms with E-state index >= 15 is 0 Å². The maximum absolute atomic E-state index is 11.2. The van der Waals surface area contributed by atoms with Crippen LogP contribution in [0, 0.1) is 0 Å². The summed E-state index contributed by atoms with van der Waals surface area (Å²) in [6.45, 7) is 0. The number of ketones is 1. The molecule has 1 aromatic rings. The van der Waals surface area contributed by atoms with E-state index in [0.29, 0.717) is 11.3 Å². The molecule has 0 fully saturated rings. The molecule has 0 unspecified atom stereocenters. The molecule has 0 amide bonds. The van der Waals surface area contributed by atoms with E-state index in [1.807, 2.05) is 0 Å². The number of sulfonamides is 1. The Labute approximate surface area is 105 Å². The van der Waals surface area contributed by atoms with Crippen molar-refractivity contribution in [3.8, 4) is 0 Å². The second-order valence-corrected chi connectivity index (χ2v) is 5.61. The van der Waals surface area contributed by atoms with Gasteiger partial charge in [-0.2, -0.15) is 0 Å². The third-order valence-electron chi connectivity index (χ3n) is 2.01. The van der Waals surface area contributed by atoms with Crippen LogP contribution >= 0.6 is 0 Å². The van der Waals surface area contributed by atoms with Gasteiger partial charge in [-0.1, -0.05) is 12.1 Å². The van der Waals surface area contributed by atoms with Gasteiger partial charge in [0.15, 0.2) is 0 Å². The predicted molar refractivity (Wildman–Crippen MR) is 65.9 cm³/mol. The highest BCUT2D eigenvalue weighted by molar-refractivity contribution is 7.92. The highest BCUT2D eigenvalue weighted by Gasteiger charge is 2.09. The van der Waals surface area contributed by atoms with Crippen LogP contribution in [0.15, 0.2) is 24.3 Å². The average Bonchev–Trinajstić information content (AvgIpc) is 2.17. The van der Waals surface area contributed by atoms with Crippen LogP contribution in [0.1, 0.15) is 12.0 Å². The topological polar surface area (TPSA) is 101 Å². The van der Waals surface area contributed by atoms with Crippen LogP contribution in [0.4, 0.5) is 5.69 Å². The van der Waals surface area contributed by atoms with Gasteiger partial charge in [-0.3, -0.25) is 14.3 Å². The lowest BCUT2D eigenvalue weighted by atomic mass is 10.1. The standard InChI is InChI=1S/C11H13NO5S/c1-18(16,17)12-9-4-2-8(3-5-9)6-10(13)7-11(14)15/h2-5,12H,6-7H2,1H3,(H,14,15). The first kappa shape index (κ1) is 14.2. The number of carboxylic acid groups (broad SMARTS) is 1. The third-order valence-corrected chi connectivity index (χ3v) is 2.61. The quantitative estimate of drug-likeness (QED) is 0.740. The van der Waals surface area contributed by atoms with Gasteiger partial charge in [0.1, 0.15) is 12.2 Å². The van der Waals surface area contributed by atoms with E-state index in [2.05, 4.69) is 4.72 Å². The molecule has 2 N–H and O–H groups in total. The molecule has 18 heavy (non-hydrogen) atoms. The third kappa shape index (κ3) is 5.44. The van der Waals surface area contributed by atoms with Gasteiger partial charge in [-0.15, -0.1) is 0 Å². The van der Waals surface area contributed by atoms with Crippen LogP contribution in [0.5, 0.6) is 0 Å². The monoisotopic (exact) mass is 271 g/mol. The Hall–Kier alpha value is -1.89. The molecule has 0 aliphatic heterocycles. The molecule has 0 radical (unpaired) electrons.